The highest BCUT2D eigenvalue weighted by Crippen LogP contribution is 2.22. The van der Waals surface area contributed by atoms with Gasteiger partial charge in [0.1, 0.15) is 22.4 Å². The van der Waals surface area contributed by atoms with E-state index in [4.69, 9.17) is 27.9 Å². The standard InChI is InChI=1S/C20H24Cl2FN5O2/c1-20(2,3)30-19(29)28-8-6-27(7-9-28)17-11-16(22)25-18(26-17)24-12-13-4-5-14(23)10-15(13)21/h4-5,10-11H,6-9,12H2,1-3H3,(H,24,25,26). The Balaban J connectivity index is 1.62. The van der Waals surface area contributed by atoms with Gasteiger partial charge < -0.3 is 19.9 Å². The van der Waals surface area contributed by atoms with E-state index in [0.717, 1.165) is 0 Å². The Morgan fingerprint density at radius 1 is 1.17 bits per heavy atom. The topological polar surface area (TPSA) is 70.6 Å². The van der Waals surface area contributed by atoms with Crippen LogP contribution in [-0.4, -0.2) is 52.7 Å². The highest BCUT2D eigenvalue weighted by Gasteiger charge is 2.26. The molecule has 0 unspecified atom stereocenters. The zero-order valence-corrected chi connectivity index (χ0v) is 18.6. The van der Waals surface area contributed by atoms with E-state index in [1.807, 2.05) is 25.7 Å². The summed E-state index contributed by atoms with van der Waals surface area (Å²) in [6.07, 6.45) is -0.318. The molecule has 0 saturated carbocycles. The van der Waals surface area contributed by atoms with Gasteiger partial charge in [-0.05, 0) is 38.5 Å². The highest BCUT2D eigenvalue weighted by molar-refractivity contribution is 6.31. The van der Waals surface area contributed by atoms with Crippen LogP contribution in [0.2, 0.25) is 10.2 Å². The number of anilines is 2. The minimum absolute atomic E-state index is 0.294. The Bertz CT molecular complexity index is 915. The monoisotopic (exact) mass is 455 g/mol. The fourth-order valence-corrected chi connectivity index (χ4v) is 3.34. The predicted molar refractivity (Wildman–Crippen MR) is 116 cm³/mol. The number of amides is 1. The first-order chi connectivity index (χ1) is 14.1. The second kappa shape index (κ2) is 9.22. The van der Waals surface area contributed by atoms with Crippen LogP contribution < -0.4 is 10.2 Å². The van der Waals surface area contributed by atoms with E-state index in [-0.39, 0.29) is 6.09 Å². The normalized spacial score (nSPS) is 14.6. The molecule has 2 aromatic rings. The van der Waals surface area contributed by atoms with Crippen molar-refractivity contribution in [2.24, 2.45) is 0 Å². The second-order valence-electron chi connectivity index (χ2n) is 7.92. The van der Waals surface area contributed by atoms with Crippen molar-refractivity contribution in [2.45, 2.75) is 32.9 Å². The quantitative estimate of drug-likeness (QED) is 0.679. The fraction of sp³-hybridized carbons (Fsp3) is 0.450. The number of carbonyl (C=O) groups excluding carboxylic acids is 1. The number of ether oxygens (including phenoxy) is 1. The number of nitrogens with one attached hydrogen (secondary N) is 1. The predicted octanol–water partition coefficient (Wildman–Crippen LogP) is 4.59. The van der Waals surface area contributed by atoms with Gasteiger partial charge in [0.05, 0.1) is 0 Å². The van der Waals surface area contributed by atoms with E-state index in [0.29, 0.717) is 60.2 Å². The molecule has 162 valence electrons. The first-order valence-corrected chi connectivity index (χ1v) is 10.3. The molecule has 2 heterocycles. The Kier molecular flexibility index (Phi) is 6.88. The Hall–Kier alpha value is -2.32. The fourth-order valence-electron chi connectivity index (χ4n) is 2.93. The van der Waals surface area contributed by atoms with Crippen LogP contribution in [0, 0.1) is 5.82 Å². The third-order valence-electron chi connectivity index (χ3n) is 4.39. The number of nitrogens with zero attached hydrogens (tertiary/aromatic N) is 4. The molecule has 1 aromatic heterocycles. The lowest BCUT2D eigenvalue weighted by molar-refractivity contribution is 0.0240. The number of hydrogen-bond acceptors (Lipinski definition) is 6. The van der Waals surface area contributed by atoms with Gasteiger partial charge in [0.25, 0.3) is 0 Å². The van der Waals surface area contributed by atoms with Crippen molar-refractivity contribution in [3.05, 3.63) is 45.8 Å². The maximum atomic E-state index is 13.2. The highest BCUT2D eigenvalue weighted by atomic mass is 35.5. The molecule has 1 saturated heterocycles. The van der Waals surface area contributed by atoms with E-state index in [1.165, 1.54) is 12.1 Å². The maximum Gasteiger partial charge on any atom is 0.410 e. The summed E-state index contributed by atoms with van der Waals surface area (Å²) >= 11 is 12.2. The molecule has 1 N–H and O–H groups in total. The van der Waals surface area contributed by atoms with E-state index in [9.17, 15) is 9.18 Å². The van der Waals surface area contributed by atoms with Gasteiger partial charge in [0.2, 0.25) is 5.95 Å². The van der Waals surface area contributed by atoms with Gasteiger partial charge in [0, 0.05) is 43.8 Å². The van der Waals surface area contributed by atoms with E-state index < -0.39 is 11.4 Å². The molecule has 1 amide bonds. The second-order valence-corrected chi connectivity index (χ2v) is 8.71. The average Bonchev–Trinajstić information content (AvgIpc) is 2.66. The van der Waals surface area contributed by atoms with Crippen molar-refractivity contribution in [1.82, 2.24) is 14.9 Å². The lowest BCUT2D eigenvalue weighted by Gasteiger charge is -2.36. The molecule has 1 aliphatic heterocycles. The van der Waals surface area contributed by atoms with Crippen molar-refractivity contribution in [2.75, 3.05) is 36.4 Å². The largest absolute Gasteiger partial charge is 0.444 e. The van der Waals surface area contributed by atoms with Gasteiger partial charge in [-0.25, -0.2) is 14.2 Å². The molecular formula is C20H24Cl2FN5O2. The molecular weight excluding hydrogens is 432 g/mol. The number of hydrogen-bond donors (Lipinski definition) is 1. The molecule has 3 rings (SSSR count). The summed E-state index contributed by atoms with van der Waals surface area (Å²) in [4.78, 5) is 24.6. The van der Waals surface area contributed by atoms with Crippen molar-refractivity contribution in [3.63, 3.8) is 0 Å². The summed E-state index contributed by atoms with van der Waals surface area (Å²) in [6.45, 7) is 8.08. The third kappa shape index (κ3) is 6.09. The molecule has 1 fully saturated rings. The summed E-state index contributed by atoms with van der Waals surface area (Å²) in [5.74, 6) is 0.606. The molecule has 10 heteroatoms. The zero-order valence-electron chi connectivity index (χ0n) is 17.1. The van der Waals surface area contributed by atoms with Crippen molar-refractivity contribution < 1.29 is 13.9 Å². The smallest absolute Gasteiger partial charge is 0.410 e. The van der Waals surface area contributed by atoms with Gasteiger partial charge >= 0.3 is 6.09 Å². The molecule has 0 bridgehead atoms. The SMILES string of the molecule is CC(C)(C)OC(=O)N1CCN(c2cc(Cl)nc(NCc3ccc(F)cc3Cl)n2)CC1. The number of halogens is 3. The van der Waals surface area contributed by atoms with Crippen molar-refractivity contribution in [1.29, 1.82) is 0 Å². The van der Waals surface area contributed by atoms with Crippen LogP contribution in [0.4, 0.5) is 21.0 Å². The lowest BCUT2D eigenvalue weighted by Crippen LogP contribution is -2.50. The number of piperazine rings is 1. The molecule has 0 radical (unpaired) electrons. The van der Waals surface area contributed by atoms with Gasteiger partial charge in [-0.3, -0.25) is 0 Å². The van der Waals surface area contributed by atoms with Crippen LogP contribution >= 0.6 is 23.2 Å². The van der Waals surface area contributed by atoms with Crippen molar-refractivity contribution >= 4 is 41.1 Å². The molecule has 0 spiro atoms. The van der Waals surface area contributed by atoms with E-state index in [2.05, 4.69) is 15.3 Å². The molecule has 30 heavy (non-hydrogen) atoms. The summed E-state index contributed by atoms with van der Waals surface area (Å²) in [6, 6.07) is 5.89. The lowest BCUT2D eigenvalue weighted by atomic mass is 10.2. The number of carbonyl (C=O) groups is 1. The summed E-state index contributed by atoms with van der Waals surface area (Å²) in [7, 11) is 0. The Morgan fingerprint density at radius 2 is 1.87 bits per heavy atom. The van der Waals surface area contributed by atoms with E-state index >= 15 is 0 Å². The van der Waals surface area contributed by atoms with Crippen LogP contribution in [0.25, 0.3) is 0 Å². The molecule has 7 nitrogen and oxygen atoms in total. The van der Waals surface area contributed by atoms with Crippen LogP contribution in [0.15, 0.2) is 24.3 Å². The first kappa shape index (κ1) is 22.4. The summed E-state index contributed by atoms with van der Waals surface area (Å²) < 4.78 is 18.6. The number of benzene rings is 1. The van der Waals surface area contributed by atoms with Gasteiger partial charge in [-0.15, -0.1) is 0 Å². The number of aromatic nitrogens is 2. The minimum atomic E-state index is -0.525. The molecule has 0 atom stereocenters. The molecule has 1 aromatic carbocycles. The molecule has 1 aliphatic rings. The Labute approximate surface area is 185 Å². The van der Waals surface area contributed by atoms with E-state index in [1.54, 1.807) is 17.0 Å². The summed E-state index contributed by atoms with van der Waals surface area (Å²) in [5.41, 5.74) is 0.191. The summed E-state index contributed by atoms with van der Waals surface area (Å²) in [5, 5.41) is 3.69. The first-order valence-electron chi connectivity index (χ1n) is 9.56. The van der Waals surface area contributed by atoms with Gasteiger partial charge in [-0.2, -0.15) is 4.98 Å². The van der Waals surface area contributed by atoms with Crippen LogP contribution in [0.1, 0.15) is 26.3 Å². The maximum absolute atomic E-state index is 13.2. The van der Waals surface area contributed by atoms with Gasteiger partial charge in [-0.1, -0.05) is 29.3 Å². The van der Waals surface area contributed by atoms with Crippen molar-refractivity contribution in [3.8, 4) is 0 Å². The zero-order chi connectivity index (χ0) is 21.9. The molecule has 0 aliphatic carbocycles. The van der Waals surface area contributed by atoms with Crippen LogP contribution in [0.5, 0.6) is 0 Å². The Morgan fingerprint density at radius 3 is 2.50 bits per heavy atom. The van der Waals surface area contributed by atoms with Crippen LogP contribution in [0.3, 0.4) is 0 Å². The number of rotatable bonds is 4. The average molecular weight is 456 g/mol. The third-order valence-corrected chi connectivity index (χ3v) is 4.93. The van der Waals surface area contributed by atoms with Gasteiger partial charge in [0.15, 0.2) is 0 Å². The van der Waals surface area contributed by atoms with Crippen LogP contribution in [-0.2, 0) is 11.3 Å². The minimum Gasteiger partial charge on any atom is -0.444 e.